The Balaban J connectivity index is 0.000000880. The van der Waals surface area contributed by atoms with Crippen molar-refractivity contribution in [2.75, 3.05) is 13.1 Å². The fourth-order valence-corrected chi connectivity index (χ4v) is 3.27. The molecule has 3 N–H and O–H groups in total. The highest BCUT2D eigenvalue weighted by Crippen LogP contribution is 2.34. The molecule has 3 aromatic rings. The van der Waals surface area contributed by atoms with Crippen LogP contribution in [-0.2, 0) is 0 Å². The summed E-state index contributed by atoms with van der Waals surface area (Å²) < 4.78 is 0. The Bertz CT molecular complexity index is 896. The molecule has 1 aliphatic heterocycles. The van der Waals surface area contributed by atoms with E-state index < -0.39 is 5.97 Å². The van der Waals surface area contributed by atoms with Crippen molar-refractivity contribution in [2.45, 2.75) is 19.8 Å². The minimum absolute atomic E-state index is 0.259. The lowest BCUT2D eigenvalue weighted by Crippen LogP contribution is -2.39. The highest BCUT2D eigenvalue weighted by molar-refractivity contribution is 6.34. The van der Waals surface area contributed by atoms with Gasteiger partial charge in [0, 0.05) is 41.7 Å². The number of rotatable bonds is 3. The number of hydrogen-bond donors (Lipinski definition) is 3. The highest BCUT2D eigenvalue weighted by Gasteiger charge is 2.19. The number of hydrogen-bond acceptors (Lipinski definition) is 2. The number of H-pyrrole nitrogens is 1. The lowest BCUT2D eigenvalue weighted by atomic mass is 9.92. The molecule has 0 unspecified atom stereocenters. The van der Waals surface area contributed by atoms with Gasteiger partial charge in [-0.05, 0) is 23.3 Å². The van der Waals surface area contributed by atoms with Gasteiger partial charge in [-0.3, -0.25) is 0 Å². The first-order chi connectivity index (χ1) is 12.1. The summed E-state index contributed by atoms with van der Waals surface area (Å²) in [6, 6.07) is 12.0. The molecule has 0 radical (unpaired) electrons. The number of carboxylic acids is 1. The molecule has 2 heterocycles. The lowest BCUT2D eigenvalue weighted by Gasteiger charge is -2.27. The van der Waals surface area contributed by atoms with E-state index >= 15 is 0 Å². The molecule has 130 valence electrons. The number of halogens is 1. The fourth-order valence-electron chi connectivity index (χ4n) is 3.00. The van der Waals surface area contributed by atoms with Crippen LogP contribution in [0.2, 0.25) is 5.02 Å². The number of benzene rings is 2. The van der Waals surface area contributed by atoms with E-state index in [0.717, 1.165) is 29.7 Å². The second-order valence-electron chi connectivity index (χ2n) is 5.86. The molecule has 0 amide bonds. The smallest absolute Gasteiger partial charge is 0.337 e. The van der Waals surface area contributed by atoms with Gasteiger partial charge in [0.2, 0.25) is 0 Å². The minimum Gasteiger partial charge on any atom is -0.478 e. The van der Waals surface area contributed by atoms with Crippen LogP contribution >= 0.6 is 11.6 Å². The van der Waals surface area contributed by atoms with Gasteiger partial charge in [0.05, 0.1) is 10.6 Å². The van der Waals surface area contributed by atoms with Crippen LogP contribution in [-0.4, -0.2) is 29.1 Å². The summed E-state index contributed by atoms with van der Waals surface area (Å²) in [7, 11) is 0. The summed E-state index contributed by atoms with van der Waals surface area (Å²) in [6.07, 6.45) is 1.50. The lowest BCUT2D eigenvalue weighted by molar-refractivity contribution is 0.0699. The van der Waals surface area contributed by atoms with Crippen molar-refractivity contribution in [3.8, 4) is 11.1 Å². The molecule has 0 aliphatic carbocycles. The van der Waals surface area contributed by atoms with Gasteiger partial charge in [-0.15, -0.1) is 0 Å². The molecule has 4 nitrogen and oxygen atoms in total. The second kappa shape index (κ2) is 7.30. The van der Waals surface area contributed by atoms with Crippen molar-refractivity contribution in [1.82, 2.24) is 10.3 Å². The van der Waals surface area contributed by atoms with E-state index in [1.54, 1.807) is 6.07 Å². The third kappa shape index (κ3) is 3.28. The number of aromatic nitrogens is 1. The van der Waals surface area contributed by atoms with Gasteiger partial charge < -0.3 is 15.4 Å². The third-order valence-electron chi connectivity index (χ3n) is 4.47. The maximum Gasteiger partial charge on any atom is 0.337 e. The molecule has 0 spiro atoms. The van der Waals surface area contributed by atoms with Crippen molar-refractivity contribution in [2.24, 2.45) is 0 Å². The van der Waals surface area contributed by atoms with E-state index in [0.29, 0.717) is 16.3 Å². The first-order valence-electron chi connectivity index (χ1n) is 8.48. The zero-order chi connectivity index (χ0) is 18.0. The molecule has 0 saturated carbocycles. The first kappa shape index (κ1) is 17.5. The van der Waals surface area contributed by atoms with Crippen LogP contribution in [0, 0.1) is 0 Å². The van der Waals surface area contributed by atoms with Gasteiger partial charge in [0.25, 0.3) is 0 Å². The molecule has 0 bridgehead atoms. The van der Waals surface area contributed by atoms with E-state index in [1.165, 1.54) is 11.8 Å². The van der Waals surface area contributed by atoms with E-state index in [4.69, 9.17) is 11.6 Å². The summed E-state index contributed by atoms with van der Waals surface area (Å²) in [4.78, 5) is 14.3. The van der Waals surface area contributed by atoms with Crippen LogP contribution in [0.5, 0.6) is 0 Å². The Morgan fingerprint density at radius 1 is 1.16 bits per heavy atom. The number of aromatic carboxylic acids is 1. The van der Waals surface area contributed by atoms with Gasteiger partial charge in [0.1, 0.15) is 0 Å². The van der Waals surface area contributed by atoms with E-state index in [1.807, 2.05) is 32.0 Å². The van der Waals surface area contributed by atoms with Crippen LogP contribution < -0.4 is 5.32 Å². The SMILES string of the molecule is CC.O=C(O)c1c[nH]c2cc(Cl)c(-c3ccc(C4CNC4)cc3)cc12. The summed E-state index contributed by atoms with van der Waals surface area (Å²) in [5.74, 6) is -0.359. The average molecular weight is 357 g/mol. The monoisotopic (exact) mass is 356 g/mol. The maximum atomic E-state index is 11.3. The van der Waals surface area contributed by atoms with E-state index in [9.17, 15) is 9.90 Å². The van der Waals surface area contributed by atoms with Crippen molar-refractivity contribution in [3.63, 3.8) is 0 Å². The summed E-state index contributed by atoms with van der Waals surface area (Å²) in [6.45, 7) is 6.05. The van der Waals surface area contributed by atoms with Gasteiger partial charge in [0.15, 0.2) is 0 Å². The molecule has 4 rings (SSSR count). The van der Waals surface area contributed by atoms with Crippen LogP contribution in [0.25, 0.3) is 22.0 Å². The van der Waals surface area contributed by atoms with Crippen molar-refractivity contribution >= 4 is 28.5 Å². The van der Waals surface area contributed by atoms with Gasteiger partial charge in [-0.25, -0.2) is 4.79 Å². The van der Waals surface area contributed by atoms with Gasteiger partial charge >= 0.3 is 5.97 Å². The average Bonchev–Trinajstić information content (AvgIpc) is 2.98. The zero-order valence-corrected chi connectivity index (χ0v) is 15.0. The highest BCUT2D eigenvalue weighted by atomic mass is 35.5. The number of carboxylic acid groups (broad SMARTS) is 1. The molecule has 1 aliphatic rings. The van der Waals surface area contributed by atoms with Crippen molar-refractivity contribution < 1.29 is 9.90 Å². The predicted octanol–water partition coefficient (Wildman–Crippen LogP) is 4.90. The van der Waals surface area contributed by atoms with Gasteiger partial charge in [-0.1, -0.05) is 49.7 Å². The van der Waals surface area contributed by atoms with Crippen LogP contribution in [0.3, 0.4) is 0 Å². The Hall–Kier alpha value is -2.30. The molecular formula is C20H21ClN2O2. The Morgan fingerprint density at radius 3 is 2.40 bits per heavy atom. The third-order valence-corrected chi connectivity index (χ3v) is 4.79. The van der Waals surface area contributed by atoms with Crippen LogP contribution in [0.1, 0.15) is 35.7 Å². The van der Waals surface area contributed by atoms with Crippen LogP contribution in [0.15, 0.2) is 42.6 Å². The van der Waals surface area contributed by atoms with Crippen molar-refractivity contribution in [1.29, 1.82) is 0 Å². The van der Waals surface area contributed by atoms with Gasteiger partial charge in [-0.2, -0.15) is 0 Å². The molecular weight excluding hydrogens is 336 g/mol. The minimum atomic E-state index is -0.947. The fraction of sp³-hybridized carbons (Fsp3) is 0.250. The summed E-state index contributed by atoms with van der Waals surface area (Å²) in [5, 5.41) is 13.8. The zero-order valence-electron chi connectivity index (χ0n) is 14.3. The first-order valence-corrected chi connectivity index (χ1v) is 8.86. The maximum absolute atomic E-state index is 11.3. The quantitative estimate of drug-likeness (QED) is 0.625. The van der Waals surface area contributed by atoms with Crippen LogP contribution in [0.4, 0.5) is 0 Å². The second-order valence-corrected chi connectivity index (χ2v) is 6.27. The van der Waals surface area contributed by atoms with E-state index in [2.05, 4.69) is 22.4 Å². The Labute approximate surface area is 151 Å². The van der Waals surface area contributed by atoms with Crippen molar-refractivity contribution in [3.05, 3.63) is 58.7 Å². The number of aromatic amines is 1. The Morgan fingerprint density at radius 2 is 1.84 bits per heavy atom. The summed E-state index contributed by atoms with van der Waals surface area (Å²) in [5.41, 5.74) is 4.14. The topological polar surface area (TPSA) is 65.1 Å². The number of fused-ring (bicyclic) bond motifs is 1. The van der Waals surface area contributed by atoms with E-state index in [-0.39, 0.29) is 5.56 Å². The molecule has 25 heavy (non-hydrogen) atoms. The number of nitrogens with one attached hydrogen (secondary N) is 2. The molecule has 5 heteroatoms. The summed E-state index contributed by atoms with van der Waals surface area (Å²) >= 11 is 6.39. The molecule has 0 atom stereocenters. The standard InChI is InChI=1S/C18H15ClN2O2.C2H6/c19-16-6-17-14(15(9-21-17)18(22)23)5-13(16)11-3-1-10(2-4-11)12-7-20-8-12;1-2/h1-6,9,12,20-21H,7-8H2,(H,22,23);1-2H3. The molecule has 1 fully saturated rings. The predicted molar refractivity (Wildman–Crippen MR) is 103 cm³/mol. The molecule has 2 aromatic carbocycles. The number of carbonyl (C=O) groups is 1. The Kier molecular flexibility index (Phi) is 5.11. The molecule has 1 saturated heterocycles. The molecule has 1 aromatic heterocycles. The normalized spacial score (nSPS) is 13.9. The largest absolute Gasteiger partial charge is 0.478 e.